The summed E-state index contributed by atoms with van der Waals surface area (Å²) in [5.41, 5.74) is 8.79. The molecule has 2 N–H and O–H groups in total. The molecule has 18 heavy (non-hydrogen) atoms. The molecule has 0 fully saturated rings. The van der Waals surface area contributed by atoms with Crippen LogP contribution in [-0.2, 0) is 6.42 Å². The standard InChI is InChI=1S/C15H15F2N/c1-10-2-5-14(17)8-12(10)9-15(18)11-3-6-13(16)7-4-11/h2-8,15H,9,18H2,1H3. The van der Waals surface area contributed by atoms with Crippen molar-refractivity contribution in [3.63, 3.8) is 0 Å². The van der Waals surface area contributed by atoms with Crippen molar-refractivity contribution in [3.8, 4) is 0 Å². The van der Waals surface area contributed by atoms with Crippen LogP contribution >= 0.6 is 0 Å². The molecule has 0 radical (unpaired) electrons. The van der Waals surface area contributed by atoms with Gasteiger partial charge in [0.2, 0.25) is 0 Å². The highest BCUT2D eigenvalue weighted by Gasteiger charge is 2.09. The summed E-state index contributed by atoms with van der Waals surface area (Å²) in [4.78, 5) is 0. The third-order valence-electron chi connectivity index (χ3n) is 3.05. The Bertz CT molecular complexity index is 535. The van der Waals surface area contributed by atoms with E-state index < -0.39 is 0 Å². The first-order chi connectivity index (χ1) is 8.56. The average molecular weight is 247 g/mol. The molecule has 0 aliphatic carbocycles. The first-order valence-corrected chi connectivity index (χ1v) is 5.82. The predicted octanol–water partition coefficient (Wildman–Crippen LogP) is 3.52. The van der Waals surface area contributed by atoms with Gasteiger partial charge >= 0.3 is 0 Å². The summed E-state index contributed by atoms with van der Waals surface area (Å²) in [5.74, 6) is -0.546. The molecule has 3 heteroatoms. The third kappa shape index (κ3) is 2.93. The first-order valence-electron chi connectivity index (χ1n) is 5.82. The van der Waals surface area contributed by atoms with E-state index in [0.29, 0.717) is 6.42 Å². The fraction of sp³-hybridized carbons (Fsp3) is 0.200. The van der Waals surface area contributed by atoms with Crippen molar-refractivity contribution in [2.45, 2.75) is 19.4 Å². The number of hydrogen-bond acceptors (Lipinski definition) is 1. The van der Waals surface area contributed by atoms with E-state index in [1.807, 2.05) is 6.92 Å². The Labute approximate surface area is 105 Å². The highest BCUT2D eigenvalue weighted by molar-refractivity contribution is 5.29. The lowest BCUT2D eigenvalue weighted by molar-refractivity contribution is 0.618. The van der Waals surface area contributed by atoms with Gasteiger partial charge in [-0.2, -0.15) is 0 Å². The molecule has 0 saturated heterocycles. The maximum atomic E-state index is 13.2. The predicted molar refractivity (Wildman–Crippen MR) is 68.2 cm³/mol. The highest BCUT2D eigenvalue weighted by Crippen LogP contribution is 2.19. The molecule has 0 aliphatic heterocycles. The molecule has 1 unspecified atom stereocenters. The zero-order valence-corrected chi connectivity index (χ0v) is 10.2. The fourth-order valence-corrected chi connectivity index (χ4v) is 1.92. The van der Waals surface area contributed by atoms with Crippen LogP contribution < -0.4 is 5.73 Å². The van der Waals surface area contributed by atoms with E-state index >= 15 is 0 Å². The van der Waals surface area contributed by atoms with E-state index in [4.69, 9.17) is 5.73 Å². The van der Waals surface area contributed by atoms with E-state index in [-0.39, 0.29) is 17.7 Å². The quantitative estimate of drug-likeness (QED) is 0.882. The van der Waals surface area contributed by atoms with Gasteiger partial charge in [0.05, 0.1) is 0 Å². The van der Waals surface area contributed by atoms with Crippen LogP contribution in [0.1, 0.15) is 22.7 Å². The molecule has 2 rings (SSSR count). The Morgan fingerprint density at radius 3 is 2.28 bits per heavy atom. The van der Waals surface area contributed by atoms with Gasteiger partial charge in [0, 0.05) is 6.04 Å². The van der Waals surface area contributed by atoms with Crippen LogP contribution in [0.2, 0.25) is 0 Å². The molecule has 1 nitrogen and oxygen atoms in total. The summed E-state index contributed by atoms with van der Waals surface area (Å²) in [6, 6.07) is 10.5. The lowest BCUT2D eigenvalue weighted by Crippen LogP contribution is -2.14. The van der Waals surface area contributed by atoms with Gasteiger partial charge in [-0.3, -0.25) is 0 Å². The monoisotopic (exact) mass is 247 g/mol. The molecule has 2 aromatic rings. The van der Waals surface area contributed by atoms with Crippen molar-refractivity contribution in [3.05, 3.63) is 70.8 Å². The van der Waals surface area contributed by atoms with Crippen LogP contribution in [0.25, 0.3) is 0 Å². The lowest BCUT2D eigenvalue weighted by Gasteiger charge is -2.14. The molecule has 0 bridgehead atoms. The zero-order chi connectivity index (χ0) is 13.1. The number of halogens is 2. The van der Waals surface area contributed by atoms with Gasteiger partial charge < -0.3 is 5.73 Å². The van der Waals surface area contributed by atoms with E-state index in [0.717, 1.165) is 16.7 Å². The van der Waals surface area contributed by atoms with Crippen LogP contribution in [-0.4, -0.2) is 0 Å². The number of rotatable bonds is 3. The number of aryl methyl sites for hydroxylation is 1. The Balaban J connectivity index is 2.18. The van der Waals surface area contributed by atoms with Crippen molar-refractivity contribution >= 4 is 0 Å². The Hall–Kier alpha value is -1.74. The van der Waals surface area contributed by atoms with Gasteiger partial charge in [-0.05, 0) is 54.3 Å². The molecule has 0 aliphatic rings. The van der Waals surface area contributed by atoms with Crippen LogP contribution in [0.4, 0.5) is 8.78 Å². The second-order valence-electron chi connectivity index (χ2n) is 4.43. The van der Waals surface area contributed by atoms with Crippen molar-refractivity contribution in [2.75, 3.05) is 0 Å². The summed E-state index contributed by atoms with van der Waals surface area (Å²) >= 11 is 0. The van der Waals surface area contributed by atoms with Crippen molar-refractivity contribution in [1.82, 2.24) is 0 Å². The maximum Gasteiger partial charge on any atom is 0.123 e. The molecular formula is C15H15F2N. The van der Waals surface area contributed by atoms with E-state index in [2.05, 4.69) is 0 Å². The van der Waals surface area contributed by atoms with Crippen LogP contribution in [0.15, 0.2) is 42.5 Å². The third-order valence-corrected chi connectivity index (χ3v) is 3.05. The molecule has 94 valence electrons. The van der Waals surface area contributed by atoms with Gasteiger partial charge in [0.15, 0.2) is 0 Å². The van der Waals surface area contributed by atoms with Crippen molar-refractivity contribution < 1.29 is 8.78 Å². The molecule has 0 spiro atoms. The largest absolute Gasteiger partial charge is 0.324 e. The minimum Gasteiger partial charge on any atom is -0.324 e. The normalized spacial score (nSPS) is 12.4. The minimum absolute atomic E-state index is 0.258. The summed E-state index contributed by atoms with van der Waals surface area (Å²) < 4.78 is 26.0. The van der Waals surface area contributed by atoms with E-state index in [9.17, 15) is 8.78 Å². The summed E-state index contributed by atoms with van der Waals surface area (Å²) in [6.45, 7) is 1.92. The topological polar surface area (TPSA) is 26.0 Å². The van der Waals surface area contributed by atoms with Crippen molar-refractivity contribution in [2.24, 2.45) is 5.73 Å². The maximum absolute atomic E-state index is 13.2. The van der Waals surface area contributed by atoms with Crippen LogP contribution in [0.3, 0.4) is 0 Å². The molecule has 1 atom stereocenters. The van der Waals surface area contributed by atoms with Gasteiger partial charge in [0.25, 0.3) is 0 Å². The Morgan fingerprint density at radius 2 is 1.61 bits per heavy atom. The van der Waals surface area contributed by atoms with Gasteiger partial charge in [-0.1, -0.05) is 18.2 Å². The van der Waals surface area contributed by atoms with E-state index in [1.54, 1.807) is 18.2 Å². The van der Waals surface area contributed by atoms with Gasteiger partial charge in [-0.15, -0.1) is 0 Å². The smallest absolute Gasteiger partial charge is 0.123 e. The summed E-state index contributed by atoms with van der Waals surface area (Å²) in [6.07, 6.45) is 0.537. The van der Waals surface area contributed by atoms with Gasteiger partial charge in [0.1, 0.15) is 11.6 Å². The van der Waals surface area contributed by atoms with Crippen molar-refractivity contribution in [1.29, 1.82) is 0 Å². The second kappa shape index (κ2) is 5.27. The minimum atomic E-state index is -0.284. The van der Waals surface area contributed by atoms with E-state index in [1.165, 1.54) is 24.3 Å². The Morgan fingerprint density at radius 1 is 1.00 bits per heavy atom. The molecule has 0 aromatic heterocycles. The average Bonchev–Trinajstić information content (AvgIpc) is 2.34. The fourth-order valence-electron chi connectivity index (χ4n) is 1.92. The molecular weight excluding hydrogens is 232 g/mol. The molecule has 0 saturated carbocycles. The first kappa shape index (κ1) is 12.7. The van der Waals surface area contributed by atoms with Crippen LogP contribution in [0.5, 0.6) is 0 Å². The number of hydrogen-bond donors (Lipinski definition) is 1. The SMILES string of the molecule is Cc1ccc(F)cc1CC(N)c1ccc(F)cc1. The Kier molecular flexibility index (Phi) is 3.72. The lowest BCUT2D eigenvalue weighted by atomic mass is 9.97. The zero-order valence-electron chi connectivity index (χ0n) is 10.2. The molecule has 2 aromatic carbocycles. The molecule has 0 heterocycles. The second-order valence-corrected chi connectivity index (χ2v) is 4.43. The van der Waals surface area contributed by atoms with Gasteiger partial charge in [-0.25, -0.2) is 8.78 Å². The van der Waals surface area contributed by atoms with Crippen LogP contribution in [0, 0.1) is 18.6 Å². The molecule has 0 amide bonds. The number of benzene rings is 2. The summed E-state index contributed by atoms with van der Waals surface area (Å²) in [7, 11) is 0. The highest BCUT2D eigenvalue weighted by atomic mass is 19.1. The number of nitrogens with two attached hydrogens (primary N) is 1. The summed E-state index contributed by atoms with van der Waals surface area (Å²) in [5, 5.41) is 0.